The maximum absolute atomic E-state index is 13.6. The number of phenolic OH excluding ortho intramolecular Hbond substituents is 1. The number of hydrogen-bond acceptors (Lipinski definition) is 15. The van der Waals surface area contributed by atoms with Crippen molar-refractivity contribution >= 4 is 64.1 Å². The molecule has 0 saturated heterocycles. The van der Waals surface area contributed by atoms with Crippen molar-refractivity contribution in [2.24, 2.45) is 17.8 Å². The molecule has 1 aromatic heterocycles. The summed E-state index contributed by atoms with van der Waals surface area (Å²) < 4.78 is 11.3. The minimum atomic E-state index is -1.27. The van der Waals surface area contributed by atoms with E-state index in [2.05, 4.69) is 25.9 Å². The van der Waals surface area contributed by atoms with Gasteiger partial charge in [0.1, 0.15) is 28.6 Å². The Kier molecular flexibility index (Phi) is 19.5. The molecule has 3 amide bonds. The van der Waals surface area contributed by atoms with Crippen molar-refractivity contribution in [3.05, 3.63) is 88.6 Å². The van der Waals surface area contributed by atoms with Gasteiger partial charge < -0.3 is 45.1 Å². The molecule has 0 fully saturated rings. The first-order valence-electron chi connectivity index (χ1n) is 23.8. The number of unbranched alkanes of at least 4 members (excludes halogenated alkanes) is 2. The Morgan fingerprint density at radius 3 is 2.15 bits per heavy atom. The Hall–Kier alpha value is -7.67. The van der Waals surface area contributed by atoms with Crippen molar-refractivity contribution in [1.82, 2.24) is 25.9 Å². The molecule has 1 aliphatic carbocycles. The van der Waals surface area contributed by atoms with Gasteiger partial charge in [-0.05, 0) is 89.9 Å². The number of aromatic hydroxyl groups is 1. The summed E-state index contributed by atoms with van der Waals surface area (Å²) in [4.78, 5) is 135. The highest BCUT2D eigenvalue weighted by Gasteiger charge is 2.33. The summed E-state index contributed by atoms with van der Waals surface area (Å²) in [6, 6.07) is 10.3. The number of aromatic nitrogens is 2. The molecule has 2 aromatic carbocycles. The number of ether oxygens (including phenoxy) is 1. The molecule has 2 heterocycles. The van der Waals surface area contributed by atoms with E-state index in [1.54, 1.807) is 18.2 Å². The van der Waals surface area contributed by atoms with Crippen LogP contribution in [0.2, 0.25) is 0 Å². The molecule has 5 rings (SSSR count). The second-order valence-electron chi connectivity index (χ2n) is 18.4. The third-order valence-corrected chi connectivity index (χ3v) is 12.5. The molecule has 0 saturated carbocycles. The van der Waals surface area contributed by atoms with Crippen LogP contribution in [0, 0.1) is 17.8 Å². The van der Waals surface area contributed by atoms with Crippen molar-refractivity contribution in [2.45, 2.75) is 124 Å². The lowest BCUT2D eigenvalue weighted by Gasteiger charge is -2.24. The normalized spacial score (nSPS) is 14.2. The van der Waals surface area contributed by atoms with Gasteiger partial charge in [0.05, 0.1) is 36.5 Å². The first kappa shape index (κ1) is 55.3. The number of amides is 3. The number of phenols is 1. The van der Waals surface area contributed by atoms with E-state index < -0.39 is 77.7 Å². The third kappa shape index (κ3) is 14.9. The van der Waals surface area contributed by atoms with Gasteiger partial charge in [-0.15, -0.1) is 0 Å². The molecule has 72 heavy (non-hydrogen) atoms. The lowest BCUT2D eigenvalue weighted by Crippen LogP contribution is -2.48. The number of aliphatic hydroxyl groups is 1. The fourth-order valence-corrected chi connectivity index (χ4v) is 8.36. The minimum absolute atomic E-state index is 0.0773. The van der Waals surface area contributed by atoms with Gasteiger partial charge in [0.25, 0.3) is 6.47 Å². The van der Waals surface area contributed by atoms with Gasteiger partial charge >= 0.3 is 0 Å². The molecule has 2 aliphatic rings. The van der Waals surface area contributed by atoms with Crippen LogP contribution in [0.15, 0.2) is 76.3 Å². The summed E-state index contributed by atoms with van der Waals surface area (Å²) in [5.74, 6) is -6.35. The standard InChI is InChI=1S/C53H61N5O14/c1-28(51(68)56-31(4)46(67)24-41(32(5)61)53(70)58-43(33(6)62)21-36-25-54-26-55-36)18-45(66)30(3)57-52(69)35(19-29(2)60)10-8-7-9-11-44(65)34-12-17-47(71-27-59)42(20-34)50-39-15-13-37(63)22-48(39)72-49-23-38(64)14-16-40(49)50/h12-17,20,22-23,25-28,30-32,35,41,43,61,63H,7-11,18-19,21,24H2,1-6H3,(H,54,55)(H,56,68)(H,57,69)(H,58,70)/t28-,30+,31+,32-,35-,41+,43+/m0/s1. The van der Waals surface area contributed by atoms with Crippen LogP contribution < -0.4 is 26.1 Å². The zero-order valence-electron chi connectivity index (χ0n) is 41.1. The Morgan fingerprint density at radius 2 is 1.50 bits per heavy atom. The number of H-pyrrole nitrogens is 1. The molecule has 1 aliphatic heterocycles. The lowest BCUT2D eigenvalue weighted by atomic mass is 9.91. The summed E-state index contributed by atoms with van der Waals surface area (Å²) in [6.45, 7) is 8.61. The van der Waals surface area contributed by atoms with Gasteiger partial charge in [-0.25, -0.2) is 4.98 Å². The molecule has 19 heteroatoms. The average molecular weight is 992 g/mol. The van der Waals surface area contributed by atoms with Crippen LogP contribution in [-0.2, 0) is 44.8 Å². The maximum atomic E-state index is 13.6. The first-order valence-corrected chi connectivity index (χ1v) is 23.8. The van der Waals surface area contributed by atoms with E-state index in [9.17, 15) is 58.2 Å². The minimum Gasteiger partial charge on any atom is -0.508 e. The highest BCUT2D eigenvalue weighted by atomic mass is 16.5. The summed E-state index contributed by atoms with van der Waals surface area (Å²) in [5, 5.41) is 28.9. The molecule has 19 nitrogen and oxygen atoms in total. The molecule has 0 bridgehead atoms. The van der Waals surface area contributed by atoms with E-state index in [4.69, 9.17) is 9.15 Å². The number of carbonyl (C=O) groups excluding carboxylic acids is 9. The molecule has 3 aromatic rings. The number of benzene rings is 3. The number of aliphatic hydroxyl groups excluding tert-OH is 1. The average Bonchev–Trinajstić information content (AvgIpc) is 3.84. The molecular weight excluding hydrogens is 931 g/mol. The lowest BCUT2D eigenvalue weighted by molar-refractivity contribution is -0.136. The van der Waals surface area contributed by atoms with Crippen LogP contribution in [0.5, 0.6) is 11.5 Å². The predicted molar refractivity (Wildman–Crippen MR) is 263 cm³/mol. The SMILES string of the molecule is CC(=O)C[C@H](CCCCCC(=O)c1ccc(OC=O)c(-c2c3ccc(=O)cc-3oc3cc(O)ccc23)c1)C(=O)N[C@H](C)C(=O)C[C@H](C)C(=O)N[C@H](C)C(=O)C[C@@H](C(=O)N[C@H](Cc1cnc[nH]1)C(C)=O)[C@H](C)O. The Labute approximate surface area is 415 Å². The van der Waals surface area contributed by atoms with Crippen LogP contribution in [0.4, 0.5) is 0 Å². The van der Waals surface area contributed by atoms with Crippen molar-refractivity contribution in [2.75, 3.05) is 0 Å². The molecule has 382 valence electrons. The second kappa shape index (κ2) is 25.4. The van der Waals surface area contributed by atoms with E-state index in [0.717, 1.165) is 0 Å². The largest absolute Gasteiger partial charge is 0.508 e. The predicted octanol–water partition coefficient (Wildman–Crippen LogP) is 5.13. The zero-order chi connectivity index (χ0) is 52.8. The van der Waals surface area contributed by atoms with E-state index >= 15 is 0 Å². The number of nitrogens with one attached hydrogen (secondary N) is 4. The number of Topliss-reactive ketones (excluding diaryl/α,β-unsaturated/α-hetero) is 5. The van der Waals surface area contributed by atoms with E-state index in [0.29, 0.717) is 52.6 Å². The summed E-state index contributed by atoms with van der Waals surface area (Å²) in [5.41, 5.74) is 2.24. The van der Waals surface area contributed by atoms with Crippen LogP contribution in [-0.4, -0.2) is 97.5 Å². The zero-order valence-corrected chi connectivity index (χ0v) is 41.1. The number of nitrogens with zero attached hydrogens (tertiary/aromatic N) is 1. The number of ketones is 5. The second-order valence-corrected chi connectivity index (χ2v) is 18.4. The number of fused-ring (bicyclic) bond motifs is 2. The number of carbonyl (C=O) groups is 9. The van der Waals surface area contributed by atoms with Gasteiger partial charge in [-0.2, -0.15) is 0 Å². The van der Waals surface area contributed by atoms with E-state index in [1.807, 2.05) is 0 Å². The number of hydrogen-bond donors (Lipinski definition) is 6. The number of imidazole rings is 1. The van der Waals surface area contributed by atoms with Crippen LogP contribution in [0.25, 0.3) is 33.4 Å². The van der Waals surface area contributed by atoms with Crippen LogP contribution in [0.1, 0.15) is 109 Å². The van der Waals surface area contributed by atoms with Gasteiger partial charge in [0.15, 0.2) is 28.6 Å². The van der Waals surface area contributed by atoms with Crippen LogP contribution in [0.3, 0.4) is 0 Å². The highest BCUT2D eigenvalue weighted by molar-refractivity contribution is 6.06. The third-order valence-electron chi connectivity index (χ3n) is 12.5. The molecule has 0 radical (unpaired) electrons. The number of rotatable bonds is 28. The fraction of sp³-hybridized carbons (Fsp3) is 0.415. The van der Waals surface area contributed by atoms with Crippen molar-refractivity contribution in [3.8, 4) is 33.9 Å². The van der Waals surface area contributed by atoms with E-state index in [1.165, 1.54) is 90.5 Å². The fourth-order valence-electron chi connectivity index (χ4n) is 8.36. The van der Waals surface area contributed by atoms with Gasteiger partial charge in [-0.3, -0.25) is 43.2 Å². The number of aromatic amines is 1. The van der Waals surface area contributed by atoms with Crippen molar-refractivity contribution < 1.29 is 62.5 Å². The van der Waals surface area contributed by atoms with Crippen molar-refractivity contribution in [1.29, 1.82) is 0 Å². The Bertz CT molecular complexity index is 2830. The van der Waals surface area contributed by atoms with Gasteiger partial charge in [0, 0.05) is 95.6 Å². The molecular formula is C53H61N5O14. The molecule has 0 spiro atoms. The van der Waals surface area contributed by atoms with Crippen molar-refractivity contribution in [3.63, 3.8) is 0 Å². The van der Waals surface area contributed by atoms with Gasteiger partial charge in [-0.1, -0.05) is 19.8 Å². The monoisotopic (exact) mass is 991 g/mol. The van der Waals surface area contributed by atoms with Gasteiger partial charge in [0.2, 0.25) is 17.7 Å². The Morgan fingerprint density at radius 1 is 0.792 bits per heavy atom. The smallest absolute Gasteiger partial charge is 0.298 e. The Balaban J connectivity index is 1.12. The first-order chi connectivity index (χ1) is 34.2. The van der Waals surface area contributed by atoms with E-state index in [-0.39, 0.29) is 84.2 Å². The molecule has 0 unspecified atom stereocenters. The molecule has 7 atom stereocenters. The maximum Gasteiger partial charge on any atom is 0.298 e. The summed E-state index contributed by atoms with van der Waals surface area (Å²) >= 11 is 0. The molecule has 6 N–H and O–H groups in total. The topological polar surface area (TPSA) is 298 Å². The highest BCUT2D eigenvalue weighted by Crippen LogP contribution is 2.44. The van der Waals surface area contributed by atoms with Crippen LogP contribution >= 0.6 is 0 Å². The summed E-state index contributed by atoms with van der Waals surface area (Å²) in [7, 11) is 0. The quantitative estimate of drug-likeness (QED) is 0.0164. The summed E-state index contributed by atoms with van der Waals surface area (Å²) in [6.07, 6.45) is 2.78.